The molecule has 6 nitrogen and oxygen atoms in total. The molecule has 1 heterocycles. The number of hydrogen-bond acceptors (Lipinski definition) is 3. The summed E-state index contributed by atoms with van der Waals surface area (Å²) in [6.45, 7) is 3.71. The van der Waals surface area contributed by atoms with Crippen LogP contribution in [0.1, 0.15) is 20.3 Å². The first-order valence-corrected chi connectivity index (χ1v) is 6.95. The number of rotatable bonds is 6. The number of aliphatic carboxylic acids is 1. The van der Waals surface area contributed by atoms with Gasteiger partial charge < -0.3 is 10.4 Å². The number of benzene rings is 1. The first-order chi connectivity index (χ1) is 10.0. The third kappa shape index (κ3) is 3.39. The summed E-state index contributed by atoms with van der Waals surface area (Å²) < 4.78 is 1.57. The number of para-hydroxylation sites is 1. The summed E-state index contributed by atoms with van der Waals surface area (Å²) in [7, 11) is 0. The molecule has 0 fully saturated rings. The van der Waals surface area contributed by atoms with Crippen LogP contribution in [-0.2, 0) is 16.1 Å². The van der Waals surface area contributed by atoms with Gasteiger partial charge in [-0.2, -0.15) is 5.10 Å². The Morgan fingerprint density at radius 2 is 2.10 bits per heavy atom. The van der Waals surface area contributed by atoms with Gasteiger partial charge in [0.2, 0.25) is 5.91 Å². The maximum atomic E-state index is 12.1. The van der Waals surface area contributed by atoms with Gasteiger partial charge >= 0.3 is 5.97 Å². The molecule has 1 amide bonds. The Hall–Kier alpha value is -2.37. The zero-order chi connectivity index (χ0) is 15.4. The number of carboxylic acid groups (broad SMARTS) is 1. The molecule has 0 spiro atoms. The number of carbonyl (C=O) groups excluding carboxylic acids is 1. The molecule has 0 bridgehead atoms. The summed E-state index contributed by atoms with van der Waals surface area (Å²) in [6, 6.07) is 6.69. The Balaban J connectivity index is 2.09. The predicted octanol–water partition coefficient (Wildman–Crippen LogP) is 1.65. The van der Waals surface area contributed by atoms with Crippen molar-refractivity contribution in [3.8, 4) is 0 Å². The Morgan fingerprint density at radius 3 is 2.76 bits per heavy atom. The van der Waals surface area contributed by atoms with Gasteiger partial charge in [-0.15, -0.1) is 0 Å². The minimum Gasteiger partial charge on any atom is -0.480 e. The summed E-state index contributed by atoms with van der Waals surface area (Å²) >= 11 is 0. The van der Waals surface area contributed by atoms with Gasteiger partial charge in [-0.25, -0.2) is 4.79 Å². The van der Waals surface area contributed by atoms with E-state index in [1.807, 2.05) is 38.1 Å². The fourth-order valence-electron chi connectivity index (χ4n) is 2.19. The zero-order valence-electron chi connectivity index (χ0n) is 12.1. The van der Waals surface area contributed by atoms with Crippen LogP contribution in [0.3, 0.4) is 0 Å². The molecule has 1 aromatic heterocycles. The van der Waals surface area contributed by atoms with Crippen molar-refractivity contribution in [2.75, 3.05) is 0 Å². The van der Waals surface area contributed by atoms with Crippen LogP contribution in [0.2, 0.25) is 0 Å². The van der Waals surface area contributed by atoms with Crippen LogP contribution in [0.25, 0.3) is 10.9 Å². The van der Waals surface area contributed by atoms with E-state index in [1.165, 1.54) is 0 Å². The molecule has 2 N–H and O–H groups in total. The number of carboxylic acids is 1. The standard InChI is InChI=1S/C15H19N3O3/c1-3-10(2)14(15(20)21)17-13(19)9-18-12-7-5-4-6-11(12)8-16-18/h4-8,10,14H,3,9H2,1-2H3,(H,17,19)(H,20,21). The minimum absolute atomic E-state index is 0.00767. The summed E-state index contributed by atoms with van der Waals surface area (Å²) in [5, 5.41) is 16.9. The molecule has 2 unspecified atom stereocenters. The largest absolute Gasteiger partial charge is 0.480 e. The number of nitrogens with zero attached hydrogens (tertiary/aromatic N) is 2. The van der Waals surface area contributed by atoms with Crippen molar-refractivity contribution in [1.82, 2.24) is 15.1 Å². The second-order valence-electron chi connectivity index (χ2n) is 5.13. The lowest BCUT2D eigenvalue weighted by Crippen LogP contribution is -2.46. The molecule has 21 heavy (non-hydrogen) atoms. The number of carbonyl (C=O) groups is 2. The van der Waals surface area contributed by atoms with E-state index in [0.29, 0.717) is 6.42 Å². The summed E-state index contributed by atoms with van der Waals surface area (Å²) in [4.78, 5) is 23.3. The molecule has 2 rings (SSSR count). The van der Waals surface area contributed by atoms with Crippen molar-refractivity contribution in [2.24, 2.45) is 5.92 Å². The van der Waals surface area contributed by atoms with Gasteiger partial charge in [0.15, 0.2) is 0 Å². The second kappa shape index (κ2) is 6.39. The van der Waals surface area contributed by atoms with Crippen molar-refractivity contribution >= 4 is 22.8 Å². The van der Waals surface area contributed by atoms with Crippen molar-refractivity contribution in [1.29, 1.82) is 0 Å². The van der Waals surface area contributed by atoms with Gasteiger partial charge in [0.25, 0.3) is 0 Å². The highest BCUT2D eigenvalue weighted by molar-refractivity contribution is 5.85. The number of hydrogen-bond donors (Lipinski definition) is 2. The Morgan fingerprint density at radius 1 is 1.38 bits per heavy atom. The highest BCUT2D eigenvalue weighted by Gasteiger charge is 2.25. The zero-order valence-corrected chi connectivity index (χ0v) is 12.1. The Labute approximate surface area is 122 Å². The van der Waals surface area contributed by atoms with E-state index in [1.54, 1.807) is 10.9 Å². The van der Waals surface area contributed by atoms with E-state index in [9.17, 15) is 14.7 Å². The smallest absolute Gasteiger partial charge is 0.326 e. The fraction of sp³-hybridized carbons (Fsp3) is 0.400. The van der Waals surface area contributed by atoms with Crippen LogP contribution in [-0.4, -0.2) is 32.8 Å². The molecule has 1 aromatic carbocycles. The minimum atomic E-state index is -1.01. The van der Waals surface area contributed by atoms with Crippen molar-refractivity contribution < 1.29 is 14.7 Å². The van der Waals surface area contributed by atoms with E-state index in [0.717, 1.165) is 10.9 Å². The highest BCUT2D eigenvalue weighted by Crippen LogP contribution is 2.13. The molecule has 2 atom stereocenters. The van der Waals surface area contributed by atoms with Gasteiger partial charge in [0.05, 0.1) is 11.7 Å². The van der Waals surface area contributed by atoms with E-state index in [4.69, 9.17) is 0 Å². The molecule has 6 heteroatoms. The van der Waals surface area contributed by atoms with Crippen LogP contribution < -0.4 is 5.32 Å². The highest BCUT2D eigenvalue weighted by atomic mass is 16.4. The lowest BCUT2D eigenvalue weighted by molar-refractivity contribution is -0.143. The predicted molar refractivity (Wildman–Crippen MR) is 78.8 cm³/mol. The average molecular weight is 289 g/mol. The number of amides is 1. The van der Waals surface area contributed by atoms with Crippen LogP contribution in [0, 0.1) is 5.92 Å². The Bertz CT molecular complexity index is 650. The van der Waals surface area contributed by atoms with Crippen molar-refractivity contribution in [3.63, 3.8) is 0 Å². The topological polar surface area (TPSA) is 84.2 Å². The van der Waals surface area contributed by atoms with Gasteiger partial charge in [-0.3, -0.25) is 9.48 Å². The molecular weight excluding hydrogens is 270 g/mol. The third-order valence-electron chi connectivity index (χ3n) is 3.64. The first-order valence-electron chi connectivity index (χ1n) is 6.95. The summed E-state index contributed by atoms with van der Waals surface area (Å²) in [5.41, 5.74) is 0.850. The summed E-state index contributed by atoms with van der Waals surface area (Å²) in [6.07, 6.45) is 2.37. The van der Waals surface area contributed by atoms with E-state index in [-0.39, 0.29) is 18.4 Å². The molecule has 112 valence electrons. The number of fused-ring (bicyclic) bond motifs is 1. The van der Waals surface area contributed by atoms with Gasteiger partial charge in [0, 0.05) is 5.39 Å². The van der Waals surface area contributed by atoms with Crippen molar-refractivity contribution in [3.05, 3.63) is 30.5 Å². The Kier molecular flexibility index (Phi) is 4.57. The number of aromatic nitrogens is 2. The van der Waals surface area contributed by atoms with Gasteiger partial charge in [-0.1, -0.05) is 38.5 Å². The van der Waals surface area contributed by atoms with E-state index in [2.05, 4.69) is 10.4 Å². The third-order valence-corrected chi connectivity index (χ3v) is 3.64. The second-order valence-corrected chi connectivity index (χ2v) is 5.13. The normalized spacial score (nSPS) is 13.8. The molecule has 0 aliphatic rings. The SMILES string of the molecule is CCC(C)C(NC(=O)Cn1ncc2ccccc21)C(=O)O. The molecule has 2 aromatic rings. The number of nitrogens with one attached hydrogen (secondary N) is 1. The summed E-state index contributed by atoms with van der Waals surface area (Å²) in [5.74, 6) is -1.49. The molecule has 0 aliphatic heterocycles. The van der Waals surface area contributed by atoms with Crippen LogP contribution in [0.5, 0.6) is 0 Å². The molecule has 0 aliphatic carbocycles. The maximum Gasteiger partial charge on any atom is 0.326 e. The van der Waals surface area contributed by atoms with Gasteiger partial charge in [0.1, 0.15) is 12.6 Å². The van der Waals surface area contributed by atoms with Crippen LogP contribution >= 0.6 is 0 Å². The van der Waals surface area contributed by atoms with Gasteiger partial charge in [-0.05, 0) is 12.0 Å². The van der Waals surface area contributed by atoms with E-state index < -0.39 is 12.0 Å². The van der Waals surface area contributed by atoms with Crippen molar-refractivity contribution in [2.45, 2.75) is 32.9 Å². The van der Waals surface area contributed by atoms with Crippen LogP contribution in [0.4, 0.5) is 0 Å². The van der Waals surface area contributed by atoms with Crippen LogP contribution in [0.15, 0.2) is 30.5 Å². The lowest BCUT2D eigenvalue weighted by Gasteiger charge is -2.20. The fourth-order valence-corrected chi connectivity index (χ4v) is 2.19. The molecular formula is C15H19N3O3. The lowest BCUT2D eigenvalue weighted by atomic mass is 9.99. The van der Waals surface area contributed by atoms with E-state index >= 15 is 0 Å². The average Bonchev–Trinajstić information content (AvgIpc) is 2.87. The molecule has 0 saturated carbocycles. The molecule has 0 saturated heterocycles. The molecule has 0 radical (unpaired) electrons. The maximum absolute atomic E-state index is 12.1. The monoisotopic (exact) mass is 289 g/mol. The quantitative estimate of drug-likeness (QED) is 0.847. The first kappa shape index (κ1) is 15.0.